The normalized spacial score (nSPS) is 11.3. The molecule has 2 aromatic rings. The van der Waals surface area contributed by atoms with E-state index in [4.69, 9.17) is 5.73 Å². The van der Waals surface area contributed by atoms with Gasteiger partial charge in [-0.2, -0.15) is 5.10 Å². The van der Waals surface area contributed by atoms with Gasteiger partial charge in [0.25, 0.3) is 0 Å². The van der Waals surface area contributed by atoms with Crippen LogP contribution in [0.25, 0.3) is 0 Å². The van der Waals surface area contributed by atoms with E-state index in [1.54, 1.807) is 6.33 Å². The minimum Gasteiger partial charge on any atom is -0.346 e. The highest BCUT2D eigenvalue weighted by Crippen LogP contribution is 2.08. The van der Waals surface area contributed by atoms with Crippen molar-refractivity contribution in [3.63, 3.8) is 0 Å². The Morgan fingerprint density at radius 1 is 1.41 bits per heavy atom. The molecule has 2 N–H and O–H groups in total. The van der Waals surface area contributed by atoms with Crippen LogP contribution in [0.15, 0.2) is 24.8 Å². The highest BCUT2D eigenvalue weighted by atomic mass is 15.4. The van der Waals surface area contributed by atoms with Crippen molar-refractivity contribution < 1.29 is 0 Å². The first kappa shape index (κ1) is 11.9. The van der Waals surface area contributed by atoms with E-state index in [1.807, 2.05) is 4.68 Å². The first-order valence-corrected chi connectivity index (χ1v) is 5.94. The summed E-state index contributed by atoms with van der Waals surface area (Å²) in [7, 11) is 0. The maximum absolute atomic E-state index is 5.53. The lowest BCUT2D eigenvalue weighted by Gasteiger charge is -2.09. The Balaban J connectivity index is 2.11. The molecule has 2 rings (SSSR count). The zero-order valence-corrected chi connectivity index (χ0v) is 10.4. The van der Waals surface area contributed by atoms with E-state index >= 15 is 0 Å². The molecule has 17 heavy (non-hydrogen) atoms. The Labute approximate surface area is 101 Å². The Kier molecular flexibility index (Phi) is 3.58. The number of hydrogen-bond donors (Lipinski definition) is 1. The van der Waals surface area contributed by atoms with Gasteiger partial charge in [0.2, 0.25) is 0 Å². The van der Waals surface area contributed by atoms with Crippen LogP contribution in [0.1, 0.15) is 31.3 Å². The molecule has 0 amide bonds. The molecule has 0 bridgehead atoms. The predicted octanol–water partition coefficient (Wildman–Crippen LogP) is 1.21. The summed E-state index contributed by atoms with van der Waals surface area (Å²) >= 11 is 0. The molecule has 5 heteroatoms. The van der Waals surface area contributed by atoms with Crippen molar-refractivity contribution in [3.05, 3.63) is 36.2 Å². The van der Waals surface area contributed by atoms with Gasteiger partial charge in [0.15, 0.2) is 0 Å². The lowest BCUT2D eigenvalue weighted by Crippen LogP contribution is -2.11. The summed E-state index contributed by atoms with van der Waals surface area (Å²) in [6.45, 7) is 5.65. The van der Waals surface area contributed by atoms with Gasteiger partial charge in [-0.25, -0.2) is 9.67 Å². The molecule has 0 atom stereocenters. The smallest absolute Gasteiger partial charge is 0.147 e. The quantitative estimate of drug-likeness (QED) is 0.844. The zero-order chi connectivity index (χ0) is 12.3. The second-order valence-corrected chi connectivity index (χ2v) is 4.45. The molecule has 0 aromatic carbocycles. The third-order valence-electron chi connectivity index (χ3n) is 2.71. The van der Waals surface area contributed by atoms with Crippen LogP contribution in [-0.4, -0.2) is 25.9 Å². The molecule has 2 aromatic heterocycles. The fourth-order valence-electron chi connectivity index (χ4n) is 1.89. The molecule has 0 aliphatic carbocycles. The maximum Gasteiger partial charge on any atom is 0.147 e. The fourth-order valence-corrected chi connectivity index (χ4v) is 1.89. The molecule has 0 spiro atoms. The monoisotopic (exact) mass is 233 g/mol. The molecule has 0 saturated carbocycles. The van der Waals surface area contributed by atoms with E-state index in [-0.39, 0.29) is 0 Å². The summed E-state index contributed by atoms with van der Waals surface area (Å²) < 4.78 is 4.07. The highest BCUT2D eigenvalue weighted by Gasteiger charge is 2.07. The van der Waals surface area contributed by atoms with Gasteiger partial charge in [-0.05, 0) is 38.4 Å². The largest absolute Gasteiger partial charge is 0.346 e. The molecule has 0 aliphatic heterocycles. The summed E-state index contributed by atoms with van der Waals surface area (Å²) in [5.74, 6) is 0.981. The van der Waals surface area contributed by atoms with Crippen LogP contribution in [0, 0.1) is 0 Å². The molecule has 0 saturated heterocycles. The zero-order valence-electron chi connectivity index (χ0n) is 10.4. The second kappa shape index (κ2) is 5.14. The van der Waals surface area contributed by atoms with Gasteiger partial charge in [-0.15, -0.1) is 0 Å². The van der Waals surface area contributed by atoms with E-state index in [0.29, 0.717) is 12.6 Å². The van der Waals surface area contributed by atoms with Crippen molar-refractivity contribution in [2.24, 2.45) is 5.73 Å². The van der Waals surface area contributed by atoms with E-state index in [2.05, 4.69) is 47.0 Å². The molecule has 92 valence electrons. The van der Waals surface area contributed by atoms with Crippen LogP contribution in [-0.2, 0) is 13.0 Å². The molecule has 5 nitrogen and oxygen atoms in total. The van der Waals surface area contributed by atoms with E-state index in [9.17, 15) is 0 Å². The van der Waals surface area contributed by atoms with E-state index in [1.165, 1.54) is 5.56 Å². The predicted molar refractivity (Wildman–Crippen MR) is 66.7 cm³/mol. The first-order valence-electron chi connectivity index (χ1n) is 5.94. The first-order chi connectivity index (χ1) is 8.20. The summed E-state index contributed by atoms with van der Waals surface area (Å²) in [6.07, 6.45) is 6.71. The van der Waals surface area contributed by atoms with Crippen LogP contribution in [0.4, 0.5) is 0 Å². The van der Waals surface area contributed by atoms with Crippen LogP contribution in [0.3, 0.4) is 0 Å². The van der Waals surface area contributed by atoms with Crippen molar-refractivity contribution in [1.29, 1.82) is 0 Å². The van der Waals surface area contributed by atoms with Crippen LogP contribution in [0.2, 0.25) is 0 Å². The van der Waals surface area contributed by atoms with Gasteiger partial charge >= 0.3 is 0 Å². The van der Waals surface area contributed by atoms with Gasteiger partial charge in [-0.1, -0.05) is 0 Å². The Bertz CT molecular complexity index is 469. The minimum atomic E-state index is 0.339. The molecular formula is C12H19N5. The van der Waals surface area contributed by atoms with Crippen molar-refractivity contribution in [2.45, 2.75) is 32.9 Å². The lowest BCUT2D eigenvalue weighted by atomic mass is 10.2. The third kappa shape index (κ3) is 2.74. The van der Waals surface area contributed by atoms with Gasteiger partial charge in [-0.3, -0.25) is 0 Å². The van der Waals surface area contributed by atoms with Crippen molar-refractivity contribution >= 4 is 0 Å². The van der Waals surface area contributed by atoms with Crippen LogP contribution >= 0.6 is 0 Å². The van der Waals surface area contributed by atoms with E-state index in [0.717, 1.165) is 18.8 Å². The molecule has 0 aliphatic rings. The maximum atomic E-state index is 5.53. The van der Waals surface area contributed by atoms with E-state index < -0.39 is 0 Å². The van der Waals surface area contributed by atoms with Gasteiger partial charge in [0.1, 0.15) is 12.2 Å². The number of rotatable bonds is 5. The minimum absolute atomic E-state index is 0.339. The summed E-state index contributed by atoms with van der Waals surface area (Å²) in [6, 6.07) is 2.44. The van der Waals surface area contributed by atoms with Gasteiger partial charge < -0.3 is 10.3 Å². The topological polar surface area (TPSA) is 61.7 Å². The molecule has 2 heterocycles. The summed E-state index contributed by atoms with van der Waals surface area (Å²) in [5, 5.41) is 4.23. The molecule has 0 radical (unpaired) electrons. The summed E-state index contributed by atoms with van der Waals surface area (Å²) in [5.41, 5.74) is 6.80. The van der Waals surface area contributed by atoms with Crippen LogP contribution < -0.4 is 5.73 Å². The van der Waals surface area contributed by atoms with Crippen molar-refractivity contribution in [2.75, 3.05) is 6.54 Å². The molecule has 0 fully saturated rings. The number of nitrogens with zero attached hydrogens (tertiary/aromatic N) is 4. The molecule has 0 unspecified atom stereocenters. The van der Waals surface area contributed by atoms with Crippen LogP contribution in [0.5, 0.6) is 0 Å². The standard InChI is InChI=1S/C12H19N5/c1-10(2)17-12(14-9-15-17)8-16-6-4-11(7-16)3-5-13/h4,6-7,9-10H,3,5,8,13H2,1-2H3. The highest BCUT2D eigenvalue weighted by molar-refractivity contribution is 5.11. The number of aromatic nitrogens is 4. The Hall–Kier alpha value is -1.62. The Morgan fingerprint density at radius 3 is 2.94 bits per heavy atom. The number of hydrogen-bond acceptors (Lipinski definition) is 3. The lowest BCUT2D eigenvalue weighted by molar-refractivity contribution is 0.496. The van der Waals surface area contributed by atoms with Gasteiger partial charge in [0.05, 0.1) is 6.54 Å². The summed E-state index contributed by atoms with van der Waals surface area (Å²) in [4.78, 5) is 4.29. The average molecular weight is 233 g/mol. The van der Waals surface area contributed by atoms with Crippen molar-refractivity contribution in [3.8, 4) is 0 Å². The SMILES string of the molecule is CC(C)n1ncnc1Cn1ccc(CCN)c1. The van der Waals surface area contributed by atoms with Gasteiger partial charge in [0, 0.05) is 18.4 Å². The average Bonchev–Trinajstić information content (AvgIpc) is 2.89. The Morgan fingerprint density at radius 2 is 2.24 bits per heavy atom. The third-order valence-corrected chi connectivity index (χ3v) is 2.71. The van der Waals surface area contributed by atoms with Crippen molar-refractivity contribution in [1.82, 2.24) is 19.3 Å². The second-order valence-electron chi connectivity index (χ2n) is 4.45. The fraction of sp³-hybridized carbons (Fsp3) is 0.500. The number of nitrogens with two attached hydrogens (primary N) is 1. The molecular weight excluding hydrogens is 214 g/mol.